The fourth-order valence-corrected chi connectivity index (χ4v) is 2.59. The van der Waals surface area contributed by atoms with Crippen molar-refractivity contribution in [1.29, 1.82) is 0 Å². The molecule has 19 heavy (non-hydrogen) atoms. The highest BCUT2D eigenvalue weighted by Crippen LogP contribution is 2.26. The normalized spacial score (nSPS) is 18.0. The summed E-state index contributed by atoms with van der Waals surface area (Å²) < 4.78 is 0. The zero-order valence-corrected chi connectivity index (χ0v) is 12.3. The lowest BCUT2D eigenvalue weighted by Crippen LogP contribution is -2.33. The molecule has 1 aromatic rings. The number of nitrogens with zero attached hydrogens (tertiary/aromatic N) is 1. The minimum absolute atomic E-state index is 0.239. The molecule has 0 spiro atoms. The van der Waals surface area contributed by atoms with Gasteiger partial charge in [-0.25, -0.2) is 0 Å². The average molecular weight is 262 g/mol. The molecule has 0 aliphatic carbocycles. The fraction of sp³-hybridized carbons (Fsp3) is 0.625. The molecule has 2 N–H and O–H groups in total. The molecule has 1 aliphatic rings. The number of hydrogen-bond acceptors (Lipinski definition) is 3. The van der Waals surface area contributed by atoms with E-state index in [4.69, 9.17) is 5.11 Å². The number of fused-ring (bicyclic) bond motifs is 1. The SMILES string of the molecule is CC(CO)C(C)NCc1ccc2c(c1)CCCN2C. The Hall–Kier alpha value is -1.06. The first-order chi connectivity index (χ1) is 9.11. The maximum absolute atomic E-state index is 9.14. The molecule has 2 atom stereocenters. The summed E-state index contributed by atoms with van der Waals surface area (Å²) in [5, 5.41) is 12.6. The molecule has 0 fully saturated rings. The minimum atomic E-state index is 0.239. The van der Waals surface area contributed by atoms with Crippen molar-refractivity contribution >= 4 is 5.69 Å². The molecule has 0 radical (unpaired) electrons. The van der Waals surface area contributed by atoms with Crippen LogP contribution in [0.25, 0.3) is 0 Å². The van der Waals surface area contributed by atoms with Gasteiger partial charge in [-0.1, -0.05) is 19.1 Å². The van der Waals surface area contributed by atoms with E-state index in [1.54, 1.807) is 0 Å². The van der Waals surface area contributed by atoms with Crippen molar-refractivity contribution in [3.8, 4) is 0 Å². The molecule has 3 nitrogen and oxygen atoms in total. The van der Waals surface area contributed by atoms with Crippen LogP contribution in [0.5, 0.6) is 0 Å². The summed E-state index contributed by atoms with van der Waals surface area (Å²) in [7, 11) is 2.17. The third-order valence-electron chi connectivity index (χ3n) is 4.26. The molecule has 3 heteroatoms. The van der Waals surface area contributed by atoms with Gasteiger partial charge in [0.05, 0.1) is 0 Å². The molecule has 0 saturated heterocycles. The van der Waals surface area contributed by atoms with Crippen LogP contribution in [-0.2, 0) is 13.0 Å². The van der Waals surface area contributed by atoms with Gasteiger partial charge < -0.3 is 15.3 Å². The summed E-state index contributed by atoms with van der Waals surface area (Å²) in [4.78, 5) is 2.34. The highest BCUT2D eigenvalue weighted by molar-refractivity contribution is 5.56. The second kappa shape index (κ2) is 6.40. The summed E-state index contributed by atoms with van der Waals surface area (Å²) in [5.41, 5.74) is 4.19. The molecule has 0 aromatic heterocycles. The molecule has 0 amide bonds. The number of benzene rings is 1. The summed E-state index contributed by atoms with van der Waals surface area (Å²) in [6.45, 7) is 6.48. The van der Waals surface area contributed by atoms with Crippen molar-refractivity contribution < 1.29 is 5.11 Å². The van der Waals surface area contributed by atoms with E-state index in [2.05, 4.69) is 49.3 Å². The van der Waals surface area contributed by atoms with E-state index < -0.39 is 0 Å². The van der Waals surface area contributed by atoms with Crippen molar-refractivity contribution in [2.45, 2.75) is 39.3 Å². The Balaban J connectivity index is 1.98. The number of aliphatic hydroxyl groups excluding tert-OH is 1. The summed E-state index contributed by atoms with van der Waals surface area (Å²) in [6.07, 6.45) is 2.44. The molecular formula is C16H26N2O. The summed E-state index contributed by atoms with van der Waals surface area (Å²) in [5.74, 6) is 0.295. The van der Waals surface area contributed by atoms with Gasteiger partial charge in [-0.15, -0.1) is 0 Å². The summed E-state index contributed by atoms with van der Waals surface area (Å²) >= 11 is 0. The Morgan fingerprint density at radius 1 is 1.37 bits per heavy atom. The fourth-order valence-electron chi connectivity index (χ4n) is 2.59. The van der Waals surface area contributed by atoms with E-state index in [1.165, 1.54) is 29.7 Å². The largest absolute Gasteiger partial charge is 0.396 e. The zero-order valence-electron chi connectivity index (χ0n) is 12.3. The zero-order chi connectivity index (χ0) is 13.8. The second-order valence-corrected chi connectivity index (χ2v) is 5.82. The highest BCUT2D eigenvalue weighted by Gasteiger charge is 2.14. The number of hydrogen-bond donors (Lipinski definition) is 2. The second-order valence-electron chi connectivity index (χ2n) is 5.82. The van der Waals surface area contributed by atoms with Gasteiger partial charge in [-0.2, -0.15) is 0 Å². The predicted octanol–water partition coefficient (Wildman–Crippen LogP) is 2.18. The van der Waals surface area contributed by atoms with Crippen LogP contribution < -0.4 is 10.2 Å². The molecule has 2 rings (SSSR count). The average Bonchev–Trinajstić information content (AvgIpc) is 2.44. The smallest absolute Gasteiger partial charge is 0.0471 e. The Morgan fingerprint density at radius 3 is 2.89 bits per heavy atom. The highest BCUT2D eigenvalue weighted by atomic mass is 16.3. The van der Waals surface area contributed by atoms with Crippen LogP contribution in [0.1, 0.15) is 31.4 Å². The van der Waals surface area contributed by atoms with Crippen molar-refractivity contribution in [3.63, 3.8) is 0 Å². The minimum Gasteiger partial charge on any atom is -0.396 e. The quantitative estimate of drug-likeness (QED) is 0.854. The Labute approximate surface area is 116 Å². The number of aliphatic hydroxyl groups is 1. The van der Waals surface area contributed by atoms with Gasteiger partial charge in [0.1, 0.15) is 0 Å². The van der Waals surface area contributed by atoms with Gasteiger partial charge in [0.15, 0.2) is 0 Å². The van der Waals surface area contributed by atoms with E-state index in [-0.39, 0.29) is 6.61 Å². The molecular weight excluding hydrogens is 236 g/mol. The van der Waals surface area contributed by atoms with Gasteiger partial charge in [-0.3, -0.25) is 0 Å². The van der Waals surface area contributed by atoms with E-state index in [0.717, 1.165) is 13.1 Å². The van der Waals surface area contributed by atoms with E-state index in [9.17, 15) is 0 Å². The van der Waals surface area contributed by atoms with Gasteiger partial charge in [0, 0.05) is 38.5 Å². The van der Waals surface area contributed by atoms with Gasteiger partial charge in [-0.05, 0) is 42.9 Å². The molecule has 0 bridgehead atoms. The van der Waals surface area contributed by atoms with Crippen molar-refractivity contribution in [2.75, 3.05) is 25.1 Å². The third-order valence-corrected chi connectivity index (χ3v) is 4.26. The van der Waals surface area contributed by atoms with E-state index in [0.29, 0.717) is 12.0 Å². The molecule has 1 heterocycles. The third kappa shape index (κ3) is 3.48. The number of anilines is 1. The summed E-state index contributed by atoms with van der Waals surface area (Å²) in [6, 6.07) is 7.12. The van der Waals surface area contributed by atoms with Gasteiger partial charge in [0.25, 0.3) is 0 Å². The molecule has 106 valence electrons. The number of nitrogens with one attached hydrogen (secondary N) is 1. The van der Waals surface area contributed by atoms with Crippen molar-refractivity contribution in [2.24, 2.45) is 5.92 Å². The van der Waals surface area contributed by atoms with Gasteiger partial charge >= 0.3 is 0 Å². The molecule has 1 aliphatic heterocycles. The maximum Gasteiger partial charge on any atom is 0.0471 e. The lowest BCUT2D eigenvalue weighted by Gasteiger charge is -2.28. The van der Waals surface area contributed by atoms with Crippen molar-refractivity contribution in [1.82, 2.24) is 5.32 Å². The first-order valence-corrected chi connectivity index (χ1v) is 7.29. The lowest BCUT2D eigenvalue weighted by molar-refractivity contribution is 0.207. The van der Waals surface area contributed by atoms with Crippen LogP contribution in [-0.4, -0.2) is 31.3 Å². The molecule has 1 aromatic carbocycles. The first kappa shape index (κ1) is 14.4. The van der Waals surface area contributed by atoms with Crippen LogP contribution in [0, 0.1) is 5.92 Å². The van der Waals surface area contributed by atoms with Crippen molar-refractivity contribution in [3.05, 3.63) is 29.3 Å². The Morgan fingerprint density at radius 2 is 2.16 bits per heavy atom. The molecule has 0 saturated carbocycles. The number of rotatable bonds is 5. The molecule has 2 unspecified atom stereocenters. The standard InChI is InChI=1S/C16H26N2O/c1-12(11-19)13(2)17-10-14-6-7-16-15(9-14)5-4-8-18(16)3/h6-7,9,12-13,17,19H,4-5,8,10-11H2,1-3H3. The lowest BCUT2D eigenvalue weighted by atomic mass is 9.99. The first-order valence-electron chi connectivity index (χ1n) is 7.29. The predicted molar refractivity (Wildman–Crippen MR) is 80.6 cm³/mol. The number of aryl methyl sites for hydroxylation is 1. The topological polar surface area (TPSA) is 35.5 Å². The van der Waals surface area contributed by atoms with Gasteiger partial charge in [0.2, 0.25) is 0 Å². The monoisotopic (exact) mass is 262 g/mol. The Bertz CT molecular complexity index is 419. The van der Waals surface area contributed by atoms with Crippen LogP contribution in [0.15, 0.2) is 18.2 Å². The van der Waals surface area contributed by atoms with E-state index in [1.807, 2.05) is 0 Å². The maximum atomic E-state index is 9.14. The van der Waals surface area contributed by atoms with E-state index >= 15 is 0 Å². The van der Waals surface area contributed by atoms with Crippen LogP contribution in [0.2, 0.25) is 0 Å². The van der Waals surface area contributed by atoms with Crippen LogP contribution >= 0.6 is 0 Å². The van der Waals surface area contributed by atoms with Crippen LogP contribution in [0.4, 0.5) is 5.69 Å². The Kier molecular flexibility index (Phi) is 4.83. The van der Waals surface area contributed by atoms with Crippen LogP contribution in [0.3, 0.4) is 0 Å².